The van der Waals surface area contributed by atoms with Crippen LogP contribution in [0.25, 0.3) is 0 Å². The predicted molar refractivity (Wildman–Crippen MR) is 94.5 cm³/mol. The number of benzene rings is 1. The van der Waals surface area contributed by atoms with Crippen LogP contribution in [0, 0.1) is 0 Å². The number of nitrogens with zero attached hydrogens (tertiary/aromatic N) is 2. The number of aromatic nitrogens is 2. The molecule has 0 atom stereocenters. The van der Waals surface area contributed by atoms with Gasteiger partial charge in [-0.25, -0.2) is 13.1 Å². The first-order valence-corrected chi connectivity index (χ1v) is 10.2. The van der Waals surface area contributed by atoms with Gasteiger partial charge in [-0.3, -0.25) is 4.68 Å². The summed E-state index contributed by atoms with van der Waals surface area (Å²) >= 11 is 0. The molecule has 0 bridgehead atoms. The van der Waals surface area contributed by atoms with Gasteiger partial charge >= 0.3 is 0 Å². The molecule has 1 aliphatic rings. The fourth-order valence-corrected chi connectivity index (χ4v) is 4.26. The molecule has 2 aromatic rings. The van der Waals surface area contributed by atoms with Gasteiger partial charge in [0.2, 0.25) is 10.0 Å². The van der Waals surface area contributed by atoms with Gasteiger partial charge in [0.1, 0.15) is 0 Å². The van der Waals surface area contributed by atoms with Crippen LogP contribution in [0.3, 0.4) is 0 Å². The fourth-order valence-electron chi connectivity index (χ4n) is 3.24. The molecule has 5 nitrogen and oxygen atoms in total. The molecule has 1 N–H and O–H groups in total. The smallest absolute Gasteiger partial charge is 0.240 e. The molecule has 1 aromatic carbocycles. The molecule has 1 aliphatic carbocycles. The molecular formula is C18H25N3O2S. The summed E-state index contributed by atoms with van der Waals surface area (Å²) in [5.74, 6) is 0. The third-order valence-corrected chi connectivity index (χ3v) is 6.01. The number of sulfonamides is 1. The zero-order valence-corrected chi connectivity index (χ0v) is 15.0. The van der Waals surface area contributed by atoms with E-state index in [9.17, 15) is 8.42 Å². The van der Waals surface area contributed by atoms with E-state index in [1.54, 1.807) is 12.1 Å². The molecule has 0 saturated carbocycles. The molecule has 0 amide bonds. The lowest BCUT2D eigenvalue weighted by Crippen LogP contribution is -2.28. The number of rotatable bonds is 7. The summed E-state index contributed by atoms with van der Waals surface area (Å²) in [5.41, 5.74) is 3.75. The first kappa shape index (κ1) is 17.2. The van der Waals surface area contributed by atoms with Gasteiger partial charge in [0.15, 0.2) is 0 Å². The maximum atomic E-state index is 12.4. The van der Waals surface area contributed by atoms with Crippen molar-refractivity contribution in [3.8, 4) is 0 Å². The van der Waals surface area contributed by atoms with Gasteiger partial charge in [-0.05, 0) is 55.4 Å². The van der Waals surface area contributed by atoms with Crippen LogP contribution in [0.15, 0.2) is 35.4 Å². The van der Waals surface area contributed by atoms with Gasteiger partial charge in [0.05, 0.1) is 17.6 Å². The largest absolute Gasteiger partial charge is 0.268 e. The highest BCUT2D eigenvalue weighted by molar-refractivity contribution is 7.89. The average Bonchev–Trinajstić information content (AvgIpc) is 2.99. The second-order valence-corrected chi connectivity index (χ2v) is 8.11. The number of aryl methyl sites for hydroxylation is 2. The minimum Gasteiger partial charge on any atom is -0.268 e. The first-order chi connectivity index (χ1) is 11.6. The molecule has 130 valence electrons. The van der Waals surface area contributed by atoms with E-state index in [1.165, 1.54) is 29.7 Å². The molecule has 0 spiro atoms. The second kappa shape index (κ2) is 7.49. The van der Waals surface area contributed by atoms with Crippen molar-refractivity contribution >= 4 is 10.0 Å². The Morgan fingerprint density at radius 1 is 1.17 bits per heavy atom. The lowest BCUT2D eigenvalue weighted by atomic mass is 9.98. The van der Waals surface area contributed by atoms with Crippen molar-refractivity contribution in [3.05, 3.63) is 47.3 Å². The number of hydrogen-bond acceptors (Lipinski definition) is 3. The summed E-state index contributed by atoms with van der Waals surface area (Å²) in [7, 11) is -3.46. The van der Waals surface area contributed by atoms with Gasteiger partial charge < -0.3 is 0 Å². The Morgan fingerprint density at radius 3 is 2.67 bits per heavy atom. The third-order valence-electron chi connectivity index (χ3n) is 4.53. The van der Waals surface area contributed by atoms with Crippen LogP contribution in [-0.4, -0.2) is 24.7 Å². The SMILES string of the molecule is CCCc1ccc(S(=O)(=O)NCCn2ncc3c2CCCC3)cc1. The second-order valence-electron chi connectivity index (χ2n) is 6.34. The topological polar surface area (TPSA) is 64.0 Å². The molecule has 6 heteroatoms. The van der Waals surface area contributed by atoms with Gasteiger partial charge in [0.25, 0.3) is 0 Å². The van der Waals surface area contributed by atoms with Crippen molar-refractivity contribution in [2.75, 3.05) is 6.54 Å². The van der Waals surface area contributed by atoms with Crippen LogP contribution < -0.4 is 4.72 Å². The minimum absolute atomic E-state index is 0.324. The van der Waals surface area contributed by atoms with E-state index in [0.29, 0.717) is 18.0 Å². The van der Waals surface area contributed by atoms with Crippen LogP contribution in [0.4, 0.5) is 0 Å². The van der Waals surface area contributed by atoms with Crippen molar-refractivity contribution in [1.29, 1.82) is 0 Å². The van der Waals surface area contributed by atoms with Crippen molar-refractivity contribution in [3.63, 3.8) is 0 Å². The van der Waals surface area contributed by atoms with Crippen LogP contribution >= 0.6 is 0 Å². The van der Waals surface area contributed by atoms with E-state index in [-0.39, 0.29) is 0 Å². The summed E-state index contributed by atoms with van der Waals surface area (Å²) in [5, 5.41) is 4.40. The Bertz CT molecular complexity index is 779. The van der Waals surface area contributed by atoms with Crippen LogP contribution in [0.5, 0.6) is 0 Å². The molecule has 0 unspecified atom stereocenters. The molecule has 0 saturated heterocycles. The van der Waals surface area contributed by atoms with Crippen LogP contribution in [0.2, 0.25) is 0 Å². The van der Waals surface area contributed by atoms with Crippen molar-refractivity contribution in [2.24, 2.45) is 0 Å². The van der Waals surface area contributed by atoms with E-state index in [0.717, 1.165) is 25.7 Å². The number of hydrogen-bond donors (Lipinski definition) is 1. The van der Waals surface area contributed by atoms with Gasteiger partial charge in [-0.15, -0.1) is 0 Å². The number of fused-ring (bicyclic) bond motifs is 1. The maximum absolute atomic E-state index is 12.4. The van der Waals surface area contributed by atoms with Crippen LogP contribution in [-0.2, 0) is 35.8 Å². The predicted octanol–water partition coefficient (Wildman–Crippen LogP) is 2.69. The third kappa shape index (κ3) is 3.87. The zero-order valence-electron chi connectivity index (χ0n) is 14.2. The summed E-state index contributed by atoms with van der Waals surface area (Å²) in [6.07, 6.45) is 8.49. The quantitative estimate of drug-likeness (QED) is 0.837. The molecule has 0 aliphatic heterocycles. The van der Waals surface area contributed by atoms with Crippen molar-refractivity contribution in [1.82, 2.24) is 14.5 Å². The molecule has 1 heterocycles. The molecule has 24 heavy (non-hydrogen) atoms. The minimum atomic E-state index is -3.46. The van der Waals surface area contributed by atoms with Crippen molar-refractivity contribution in [2.45, 2.75) is 56.9 Å². The summed E-state index contributed by atoms with van der Waals surface area (Å²) in [4.78, 5) is 0.324. The van der Waals surface area contributed by atoms with Gasteiger partial charge in [-0.1, -0.05) is 25.5 Å². The van der Waals surface area contributed by atoms with E-state index < -0.39 is 10.0 Å². The molecule has 1 aromatic heterocycles. The van der Waals surface area contributed by atoms with E-state index in [1.807, 2.05) is 23.0 Å². The highest BCUT2D eigenvalue weighted by atomic mass is 32.2. The van der Waals surface area contributed by atoms with Crippen molar-refractivity contribution < 1.29 is 8.42 Å². The monoisotopic (exact) mass is 347 g/mol. The molecule has 3 rings (SSSR count). The molecular weight excluding hydrogens is 322 g/mol. The lowest BCUT2D eigenvalue weighted by molar-refractivity contribution is 0.538. The fraction of sp³-hybridized carbons (Fsp3) is 0.500. The maximum Gasteiger partial charge on any atom is 0.240 e. The summed E-state index contributed by atoms with van der Waals surface area (Å²) in [6, 6.07) is 7.15. The normalized spacial score (nSPS) is 14.5. The lowest BCUT2D eigenvalue weighted by Gasteiger charge is -2.14. The number of nitrogens with one attached hydrogen (secondary N) is 1. The summed E-state index contributed by atoms with van der Waals surface area (Å²) < 4.78 is 29.4. The highest BCUT2D eigenvalue weighted by Crippen LogP contribution is 2.20. The zero-order chi connectivity index (χ0) is 17.0. The van der Waals surface area contributed by atoms with Gasteiger partial charge in [-0.2, -0.15) is 5.10 Å². The molecule has 0 fully saturated rings. The van der Waals surface area contributed by atoms with E-state index >= 15 is 0 Å². The van der Waals surface area contributed by atoms with Gasteiger partial charge in [0, 0.05) is 12.2 Å². The first-order valence-electron chi connectivity index (χ1n) is 8.72. The Balaban J connectivity index is 1.60. The summed E-state index contributed by atoms with van der Waals surface area (Å²) in [6.45, 7) is 3.04. The standard InChI is InChI=1S/C18H25N3O2S/c1-2-5-15-8-10-17(11-9-15)24(22,23)20-12-13-21-18-7-4-3-6-16(18)14-19-21/h8-11,14,20H,2-7,12-13H2,1H3. The van der Waals surface area contributed by atoms with Crippen LogP contribution in [0.1, 0.15) is 43.0 Å². The molecule has 0 radical (unpaired) electrons. The Morgan fingerprint density at radius 2 is 1.92 bits per heavy atom. The Labute approximate surface area is 144 Å². The average molecular weight is 347 g/mol. The Kier molecular flexibility index (Phi) is 5.36. The Hall–Kier alpha value is -1.66. The highest BCUT2D eigenvalue weighted by Gasteiger charge is 2.16. The van der Waals surface area contributed by atoms with E-state index in [2.05, 4.69) is 16.7 Å². The van der Waals surface area contributed by atoms with E-state index in [4.69, 9.17) is 0 Å².